The highest BCUT2D eigenvalue weighted by molar-refractivity contribution is 9.08. The molecule has 0 aliphatic rings. The lowest BCUT2D eigenvalue weighted by atomic mass is 10.1. The largest absolute Gasteiger partial charge is 0.478 e. The van der Waals surface area contributed by atoms with Gasteiger partial charge in [-0.05, 0) is 18.6 Å². The predicted octanol–water partition coefficient (Wildman–Crippen LogP) is 2.65. The van der Waals surface area contributed by atoms with Crippen molar-refractivity contribution < 1.29 is 18.3 Å². The molecule has 7 heteroatoms. The second-order valence-electron chi connectivity index (χ2n) is 3.57. The van der Waals surface area contributed by atoms with Gasteiger partial charge in [-0.3, -0.25) is 0 Å². The van der Waals surface area contributed by atoms with Gasteiger partial charge in [0, 0.05) is 17.1 Å². The molecule has 0 aliphatic carbocycles. The van der Waals surface area contributed by atoms with E-state index in [0.717, 1.165) is 6.26 Å². The van der Waals surface area contributed by atoms with Gasteiger partial charge in [-0.15, -0.1) is 0 Å². The number of benzene rings is 1. The molecule has 0 spiro atoms. The van der Waals surface area contributed by atoms with E-state index in [4.69, 9.17) is 16.7 Å². The minimum Gasteiger partial charge on any atom is -0.478 e. The number of sulfone groups is 1. The third-order valence-corrected chi connectivity index (χ3v) is 4.53. The van der Waals surface area contributed by atoms with E-state index in [2.05, 4.69) is 15.9 Å². The van der Waals surface area contributed by atoms with Crippen LogP contribution in [0, 0.1) is 6.92 Å². The van der Waals surface area contributed by atoms with Gasteiger partial charge in [0.05, 0.1) is 15.5 Å². The maximum atomic E-state index is 11.6. The topological polar surface area (TPSA) is 71.4 Å². The molecule has 1 rings (SSSR count). The first kappa shape index (κ1) is 14.5. The van der Waals surface area contributed by atoms with E-state index in [9.17, 15) is 13.2 Å². The molecule has 0 aliphatic heterocycles. The van der Waals surface area contributed by atoms with Crippen LogP contribution >= 0.6 is 27.5 Å². The summed E-state index contributed by atoms with van der Waals surface area (Å²) >= 11 is 9.04. The highest BCUT2D eigenvalue weighted by Gasteiger charge is 2.23. The molecule has 0 amide bonds. The average Bonchev–Trinajstić information content (AvgIpc) is 2.17. The van der Waals surface area contributed by atoms with Crippen LogP contribution in [0.4, 0.5) is 0 Å². The van der Waals surface area contributed by atoms with E-state index in [1.807, 2.05) is 0 Å². The first-order valence-electron chi connectivity index (χ1n) is 4.51. The molecule has 0 aromatic heterocycles. The average molecular weight is 342 g/mol. The molecule has 1 N–H and O–H groups in total. The summed E-state index contributed by atoms with van der Waals surface area (Å²) in [5, 5.41) is 9.09. The molecule has 0 fully saturated rings. The molecule has 0 radical (unpaired) electrons. The Kier molecular flexibility index (Phi) is 4.22. The van der Waals surface area contributed by atoms with Crippen molar-refractivity contribution in [3.05, 3.63) is 27.8 Å². The number of hydrogen-bond acceptors (Lipinski definition) is 3. The third-order valence-electron chi connectivity index (χ3n) is 2.23. The van der Waals surface area contributed by atoms with Gasteiger partial charge >= 0.3 is 5.97 Å². The van der Waals surface area contributed by atoms with Crippen molar-refractivity contribution in [1.29, 1.82) is 0 Å². The Bertz CT molecular complexity index is 580. The number of rotatable bonds is 3. The van der Waals surface area contributed by atoms with Gasteiger partial charge in [0.1, 0.15) is 0 Å². The smallest absolute Gasteiger partial charge is 0.337 e. The molecule has 1 aromatic rings. The summed E-state index contributed by atoms with van der Waals surface area (Å²) in [6, 6.07) is 1.27. The van der Waals surface area contributed by atoms with E-state index >= 15 is 0 Å². The van der Waals surface area contributed by atoms with Gasteiger partial charge in [0.15, 0.2) is 9.84 Å². The Morgan fingerprint density at radius 2 is 2.06 bits per heavy atom. The van der Waals surface area contributed by atoms with Crippen LogP contribution in [0.3, 0.4) is 0 Å². The van der Waals surface area contributed by atoms with E-state index in [1.54, 1.807) is 6.92 Å². The Hall–Kier alpha value is -0.590. The summed E-state index contributed by atoms with van der Waals surface area (Å²) in [5.74, 6) is -1.18. The van der Waals surface area contributed by atoms with Gasteiger partial charge in [0.2, 0.25) is 0 Å². The molecule has 4 nitrogen and oxygen atoms in total. The Morgan fingerprint density at radius 1 is 1.53 bits per heavy atom. The summed E-state index contributed by atoms with van der Waals surface area (Å²) in [4.78, 5) is 11.0. The minimum atomic E-state index is -3.45. The lowest BCUT2D eigenvalue weighted by Crippen LogP contribution is -2.09. The second-order valence-corrected chi connectivity index (χ2v) is 6.46. The van der Waals surface area contributed by atoms with Crippen molar-refractivity contribution in [3.63, 3.8) is 0 Å². The second kappa shape index (κ2) is 4.96. The Balaban J connectivity index is 3.78. The van der Waals surface area contributed by atoms with Crippen molar-refractivity contribution in [2.45, 2.75) is 17.1 Å². The fourth-order valence-corrected chi connectivity index (χ4v) is 4.16. The van der Waals surface area contributed by atoms with Crippen LogP contribution in [-0.4, -0.2) is 25.7 Å². The first-order valence-corrected chi connectivity index (χ1v) is 7.90. The standard InChI is InChI=1S/C10H10BrClO4S/c1-5-3-6(10(13)14)8(12)7(4-11)9(5)17(2,15)16/h3H,4H2,1-2H3,(H,13,14). The maximum absolute atomic E-state index is 11.6. The van der Waals surface area contributed by atoms with Crippen molar-refractivity contribution in [1.82, 2.24) is 0 Å². The zero-order chi connectivity index (χ0) is 13.4. The summed E-state index contributed by atoms with van der Waals surface area (Å²) in [7, 11) is -3.45. The zero-order valence-corrected chi connectivity index (χ0v) is 12.3. The van der Waals surface area contributed by atoms with Crippen molar-refractivity contribution in [3.8, 4) is 0 Å². The van der Waals surface area contributed by atoms with E-state index in [1.165, 1.54) is 6.07 Å². The van der Waals surface area contributed by atoms with Crippen LogP contribution in [0.2, 0.25) is 5.02 Å². The van der Waals surface area contributed by atoms with Gasteiger partial charge in [0.25, 0.3) is 0 Å². The number of hydrogen-bond donors (Lipinski definition) is 1. The molecule has 0 bridgehead atoms. The summed E-state index contributed by atoms with van der Waals surface area (Å²) in [6.45, 7) is 1.55. The van der Waals surface area contributed by atoms with Crippen LogP contribution in [0.1, 0.15) is 21.5 Å². The highest BCUT2D eigenvalue weighted by Crippen LogP contribution is 2.32. The van der Waals surface area contributed by atoms with E-state index in [0.29, 0.717) is 5.56 Å². The predicted molar refractivity (Wildman–Crippen MR) is 68.9 cm³/mol. The van der Waals surface area contributed by atoms with E-state index < -0.39 is 15.8 Å². The number of aromatic carboxylic acids is 1. The quantitative estimate of drug-likeness (QED) is 0.858. The lowest BCUT2D eigenvalue weighted by Gasteiger charge is -2.13. The van der Waals surface area contributed by atoms with Crippen LogP contribution in [0.15, 0.2) is 11.0 Å². The van der Waals surface area contributed by atoms with E-state index in [-0.39, 0.29) is 26.4 Å². The maximum Gasteiger partial charge on any atom is 0.337 e. The SMILES string of the molecule is Cc1cc(C(=O)O)c(Cl)c(CBr)c1S(C)(=O)=O. The number of carbonyl (C=O) groups is 1. The molecule has 1 aromatic carbocycles. The lowest BCUT2D eigenvalue weighted by molar-refractivity contribution is 0.0696. The number of alkyl halides is 1. The summed E-state index contributed by atoms with van der Waals surface area (Å²) in [6.07, 6.45) is 1.07. The van der Waals surface area contributed by atoms with Crippen LogP contribution in [-0.2, 0) is 15.2 Å². The van der Waals surface area contributed by atoms with Crippen molar-refractivity contribution in [2.75, 3.05) is 6.26 Å². The number of carboxylic acids is 1. The molecule has 0 saturated heterocycles. The molecule has 94 valence electrons. The third kappa shape index (κ3) is 2.81. The minimum absolute atomic E-state index is 0.0413. The molecule has 17 heavy (non-hydrogen) atoms. The number of aryl methyl sites for hydroxylation is 1. The zero-order valence-electron chi connectivity index (χ0n) is 9.12. The Labute approximate surface area is 113 Å². The monoisotopic (exact) mass is 340 g/mol. The molecular weight excluding hydrogens is 332 g/mol. The molecular formula is C10H10BrClO4S. The normalized spacial score (nSPS) is 11.5. The fourth-order valence-electron chi connectivity index (χ4n) is 1.64. The summed E-state index contributed by atoms with van der Waals surface area (Å²) < 4.78 is 23.3. The van der Waals surface area contributed by atoms with Gasteiger partial charge in [-0.1, -0.05) is 27.5 Å². The first-order chi connectivity index (χ1) is 7.70. The highest BCUT2D eigenvalue weighted by atomic mass is 79.9. The van der Waals surface area contributed by atoms with Crippen molar-refractivity contribution >= 4 is 43.3 Å². The fraction of sp³-hybridized carbons (Fsp3) is 0.300. The number of halogens is 2. The molecule has 0 saturated carbocycles. The van der Waals surface area contributed by atoms with Crippen LogP contribution in [0.5, 0.6) is 0 Å². The Morgan fingerprint density at radius 3 is 2.41 bits per heavy atom. The van der Waals surface area contributed by atoms with Crippen molar-refractivity contribution in [2.24, 2.45) is 0 Å². The van der Waals surface area contributed by atoms with Crippen LogP contribution in [0.25, 0.3) is 0 Å². The van der Waals surface area contributed by atoms with Gasteiger partial charge < -0.3 is 5.11 Å². The number of carboxylic acid groups (broad SMARTS) is 1. The molecule has 0 atom stereocenters. The van der Waals surface area contributed by atoms with Crippen LogP contribution < -0.4 is 0 Å². The molecule has 0 unspecified atom stereocenters. The molecule has 0 heterocycles. The van der Waals surface area contributed by atoms with Gasteiger partial charge in [-0.2, -0.15) is 0 Å². The summed E-state index contributed by atoms with van der Waals surface area (Å²) in [5.41, 5.74) is 0.571. The van der Waals surface area contributed by atoms with Gasteiger partial charge in [-0.25, -0.2) is 13.2 Å².